The first kappa shape index (κ1) is 11.9. The first-order valence-corrected chi connectivity index (χ1v) is 4.08. The average Bonchev–Trinajstić information content (AvgIpc) is 2.07. The second-order valence-electron chi connectivity index (χ2n) is 2.67. The Balaban J connectivity index is -0.000000403. The smallest absolute Gasteiger partial charge is 1.00 e. The molecule has 0 aliphatic carbocycles. The van der Waals surface area contributed by atoms with E-state index in [1.54, 1.807) is 0 Å². The average molecular weight is 177 g/mol. The number of benzene rings is 1. The summed E-state index contributed by atoms with van der Waals surface area (Å²) in [6, 6.07) is 10.4. The van der Waals surface area contributed by atoms with Crippen LogP contribution in [0.4, 0.5) is 0 Å². The minimum atomic E-state index is 0. The first-order chi connectivity index (χ1) is 5.43. The van der Waals surface area contributed by atoms with E-state index in [2.05, 4.69) is 12.1 Å². The van der Waals surface area contributed by atoms with Gasteiger partial charge in [0.05, 0.1) is 0 Å². The third kappa shape index (κ3) is 4.75. The summed E-state index contributed by atoms with van der Waals surface area (Å²) >= 11 is 0. The molecule has 0 saturated heterocycles. The van der Waals surface area contributed by atoms with Gasteiger partial charge in [0.2, 0.25) is 0 Å². The first-order valence-electron chi connectivity index (χ1n) is 4.08. The van der Waals surface area contributed by atoms with Gasteiger partial charge in [-0.25, -0.2) is 0 Å². The Bertz CT molecular complexity index is 195. The molecule has 64 valence electrons. The van der Waals surface area contributed by atoms with Crippen molar-refractivity contribution in [2.75, 3.05) is 6.61 Å². The van der Waals surface area contributed by atoms with Gasteiger partial charge in [-0.3, -0.25) is 0 Å². The van der Waals surface area contributed by atoms with E-state index in [-0.39, 0.29) is 25.9 Å². The molecular weight excluding hydrogens is 160 g/mol. The standard InChI is InChI=1S/C10H14O.Mg.2H/c11-9-5-4-8-10-6-2-1-3-7-10;;;/h1-3,6-7,11H,4-5,8-9H2;;;/q;+2;2*-1. The van der Waals surface area contributed by atoms with Crippen molar-refractivity contribution in [3.63, 3.8) is 0 Å². The summed E-state index contributed by atoms with van der Waals surface area (Å²) in [7, 11) is 0. The van der Waals surface area contributed by atoms with Gasteiger partial charge in [0.15, 0.2) is 0 Å². The second-order valence-corrected chi connectivity index (χ2v) is 2.67. The van der Waals surface area contributed by atoms with Crippen molar-refractivity contribution in [2.45, 2.75) is 19.3 Å². The molecule has 0 spiro atoms. The Labute approximate surface area is 92.9 Å². The van der Waals surface area contributed by atoms with Gasteiger partial charge in [-0.1, -0.05) is 30.3 Å². The fourth-order valence-electron chi connectivity index (χ4n) is 1.09. The molecule has 0 aliphatic rings. The minimum absolute atomic E-state index is 0. The third-order valence-corrected chi connectivity index (χ3v) is 1.72. The van der Waals surface area contributed by atoms with Gasteiger partial charge in [0, 0.05) is 6.61 Å². The van der Waals surface area contributed by atoms with Crippen LogP contribution in [0.25, 0.3) is 0 Å². The van der Waals surface area contributed by atoms with Gasteiger partial charge in [0.25, 0.3) is 0 Å². The van der Waals surface area contributed by atoms with E-state index in [0.717, 1.165) is 19.3 Å². The van der Waals surface area contributed by atoms with Gasteiger partial charge < -0.3 is 7.96 Å². The van der Waals surface area contributed by atoms with Crippen molar-refractivity contribution >= 4 is 23.1 Å². The minimum Gasteiger partial charge on any atom is -1.00 e. The Kier molecular flexibility index (Phi) is 7.55. The van der Waals surface area contributed by atoms with Crippen molar-refractivity contribution in [3.8, 4) is 0 Å². The molecule has 0 heterocycles. The van der Waals surface area contributed by atoms with Crippen LogP contribution in [-0.4, -0.2) is 34.8 Å². The number of rotatable bonds is 4. The fraction of sp³-hybridized carbons (Fsp3) is 0.400. The summed E-state index contributed by atoms with van der Waals surface area (Å²) in [5.41, 5.74) is 1.36. The van der Waals surface area contributed by atoms with Gasteiger partial charge >= 0.3 is 23.1 Å². The molecule has 0 atom stereocenters. The molecule has 12 heavy (non-hydrogen) atoms. The molecule has 1 N–H and O–H groups in total. The number of aryl methyl sites for hydroxylation is 1. The van der Waals surface area contributed by atoms with Gasteiger partial charge in [-0.2, -0.15) is 0 Å². The molecule has 0 aromatic heterocycles. The Morgan fingerprint density at radius 1 is 1.08 bits per heavy atom. The maximum atomic E-state index is 8.54. The van der Waals surface area contributed by atoms with E-state index in [0.29, 0.717) is 6.61 Å². The molecule has 1 aromatic rings. The van der Waals surface area contributed by atoms with Crippen molar-refractivity contribution in [3.05, 3.63) is 35.9 Å². The SMILES string of the molecule is OCCCCc1ccccc1.[H-].[H-].[Mg+2]. The molecule has 0 amide bonds. The quantitative estimate of drug-likeness (QED) is 0.548. The number of aliphatic hydroxyl groups excluding tert-OH is 1. The zero-order chi connectivity index (χ0) is 7.94. The third-order valence-electron chi connectivity index (χ3n) is 1.72. The van der Waals surface area contributed by atoms with Crippen molar-refractivity contribution < 1.29 is 7.96 Å². The van der Waals surface area contributed by atoms with Gasteiger partial charge in [0.1, 0.15) is 0 Å². The predicted octanol–water partition coefficient (Wildman–Crippen LogP) is 1.85. The van der Waals surface area contributed by atoms with Crippen LogP contribution >= 0.6 is 0 Å². The predicted molar refractivity (Wildman–Crippen MR) is 54.4 cm³/mol. The number of aliphatic hydroxyl groups is 1. The van der Waals surface area contributed by atoms with Crippen LogP contribution in [0, 0.1) is 0 Å². The maximum absolute atomic E-state index is 8.54. The van der Waals surface area contributed by atoms with E-state index >= 15 is 0 Å². The molecule has 1 aromatic carbocycles. The van der Waals surface area contributed by atoms with Crippen LogP contribution in [0.1, 0.15) is 21.3 Å². The normalized spacial score (nSPS) is 9.08. The molecule has 1 nitrogen and oxygen atoms in total. The Morgan fingerprint density at radius 2 is 1.75 bits per heavy atom. The Hall–Kier alpha value is -0.0538. The summed E-state index contributed by atoms with van der Waals surface area (Å²) in [6.45, 7) is 0.312. The molecular formula is C10H16MgO. The summed E-state index contributed by atoms with van der Waals surface area (Å²) in [4.78, 5) is 0. The zero-order valence-corrected chi connectivity index (χ0v) is 8.78. The summed E-state index contributed by atoms with van der Waals surface area (Å²) in [5, 5.41) is 8.54. The van der Waals surface area contributed by atoms with E-state index in [1.807, 2.05) is 18.2 Å². The fourth-order valence-corrected chi connectivity index (χ4v) is 1.09. The molecule has 0 unspecified atom stereocenters. The molecule has 0 bridgehead atoms. The van der Waals surface area contributed by atoms with E-state index in [1.165, 1.54) is 5.56 Å². The van der Waals surface area contributed by atoms with Crippen LogP contribution in [0.5, 0.6) is 0 Å². The molecule has 0 aliphatic heterocycles. The van der Waals surface area contributed by atoms with Crippen LogP contribution in [0.15, 0.2) is 30.3 Å². The van der Waals surface area contributed by atoms with E-state index in [9.17, 15) is 0 Å². The van der Waals surface area contributed by atoms with Crippen LogP contribution in [-0.2, 0) is 6.42 Å². The molecule has 1 rings (SSSR count). The van der Waals surface area contributed by atoms with Crippen LogP contribution < -0.4 is 0 Å². The summed E-state index contributed by atoms with van der Waals surface area (Å²) in [5.74, 6) is 0. The largest absolute Gasteiger partial charge is 2.00 e. The molecule has 2 heteroatoms. The second kappa shape index (κ2) is 7.59. The summed E-state index contributed by atoms with van der Waals surface area (Å²) < 4.78 is 0. The van der Waals surface area contributed by atoms with Crippen molar-refractivity contribution in [2.24, 2.45) is 0 Å². The monoisotopic (exact) mass is 176 g/mol. The topological polar surface area (TPSA) is 20.2 Å². The van der Waals surface area contributed by atoms with Crippen molar-refractivity contribution in [1.29, 1.82) is 0 Å². The number of hydrogen-bond donors (Lipinski definition) is 1. The number of unbranched alkanes of at least 4 members (excludes halogenated alkanes) is 1. The van der Waals surface area contributed by atoms with Gasteiger partial charge in [-0.05, 0) is 24.8 Å². The summed E-state index contributed by atoms with van der Waals surface area (Å²) in [6.07, 6.45) is 3.08. The van der Waals surface area contributed by atoms with Crippen LogP contribution in [0.2, 0.25) is 0 Å². The number of hydrogen-bond acceptors (Lipinski definition) is 1. The van der Waals surface area contributed by atoms with Gasteiger partial charge in [-0.15, -0.1) is 0 Å². The maximum Gasteiger partial charge on any atom is 2.00 e. The van der Waals surface area contributed by atoms with E-state index in [4.69, 9.17) is 5.11 Å². The molecule has 0 saturated carbocycles. The zero-order valence-electron chi connectivity index (χ0n) is 9.37. The van der Waals surface area contributed by atoms with Crippen LogP contribution in [0.3, 0.4) is 0 Å². The molecule has 0 fully saturated rings. The van der Waals surface area contributed by atoms with Crippen molar-refractivity contribution in [1.82, 2.24) is 0 Å². The Morgan fingerprint density at radius 3 is 2.33 bits per heavy atom. The van der Waals surface area contributed by atoms with E-state index < -0.39 is 0 Å². The molecule has 0 radical (unpaired) electrons.